The van der Waals surface area contributed by atoms with Gasteiger partial charge in [0.2, 0.25) is 0 Å². The SMILES string of the molecule is Cc1csc(SCC(=O)c2c(N)n(C3CC3)c(=O)[nH]c2=O)n1. The van der Waals surface area contributed by atoms with Crippen LogP contribution in [0.1, 0.15) is 34.9 Å². The second kappa shape index (κ2) is 5.73. The minimum Gasteiger partial charge on any atom is -0.384 e. The number of aryl methyl sites for hydroxylation is 1. The molecule has 3 N–H and O–H groups in total. The molecule has 2 aromatic heterocycles. The Morgan fingerprint density at radius 1 is 1.55 bits per heavy atom. The van der Waals surface area contributed by atoms with E-state index in [1.165, 1.54) is 27.7 Å². The number of nitrogens with one attached hydrogen (secondary N) is 1. The lowest BCUT2D eigenvalue weighted by Gasteiger charge is -2.10. The highest BCUT2D eigenvalue weighted by molar-refractivity contribution is 8.01. The van der Waals surface area contributed by atoms with Crippen molar-refractivity contribution in [2.45, 2.75) is 30.1 Å². The molecule has 22 heavy (non-hydrogen) atoms. The van der Waals surface area contributed by atoms with E-state index in [4.69, 9.17) is 5.73 Å². The first-order valence-electron chi connectivity index (χ1n) is 6.70. The summed E-state index contributed by atoms with van der Waals surface area (Å²) in [6.45, 7) is 1.87. The third kappa shape index (κ3) is 2.86. The average Bonchev–Trinajstić information content (AvgIpc) is 3.17. The van der Waals surface area contributed by atoms with Crippen LogP contribution in [0.4, 0.5) is 5.82 Å². The number of aromatic nitrogens is 3. The molecule has 3 rings (SSSR count). The van der Waals surface area contributed by atoms with Gasteiger partial charge in [-0.1, -0.05) is 11.8 Å². The van der Waals surface area contributed by atoms with Crippen molar-refractivity contribution in [2.75, 3.05) is 11.5 Å². The predicted octanol–water partition coefficient (Wildman–Crippen LogP) is 1.19. The molecule has 0 amide bonds. The third-order valence-corrected chi connectivity index (χ3v) is 5.44. The Kier molecular flexibility index (Phi) is 3.92. The minimum atomic E-state index is -0.722. The van der Waals surface area contributed by atoms with Crippen LogP contribution in [-0.2, 0) is 0 Å². The van der Waals surface area contributed by atoms with Crippen LogP contribution in [0, 0.1) is 6.92 Å². The van der Waals surface area contributed by atoms with Gasteiger partial charge in [-0.25, -0.2) is 9.78 Å². The second-order valence-electron chi connectivity index (χ2n) is 5.09. The van der Waals surface area contributed by atoms with Crippen LogP contribution in [-0.4, -0.2) is 26.1 Å². The molecule has 116 valence electrons. The minimum absolute atomic E-state index is 0.00911. The van der Waals surface area contributed by atoms with E-state index < -0.39 is 17.0 Å². The first-order chi connectivity index (χ1) is 10.5. The number of thioether (sulfide) groups is 1. The van der Waals surface area contributed by atoms with E-state index in [0.29, 0.717) is 0 Å². The molecule has 0 aliphatic heterocycles. The summed E-state index contributed by atoms with van der Waals surface area (Å²) in [6.07, 6.45) is 1.66. The van der Waals surface area contributed by atoms with Gasteiger partial charge in [-0.3, -0.25) is 19.1 Å². The molecule has 1 aliphatic rings. The number of Topliss-reactive ketones (excluding diaryl/α,β-unsaturated/α-hetero) is 1. The lowest BCUT2D eigenvalue weighted by molar-refractivity contribution is 0.102. The summed E-state index contributed by atoms with van der Waals surface area (Å²) in [5, 5.41) is 1.89. The number of anilines is 1. The van der Waals surface area contributed by atoms with E-state index in [-0.39, 0.29) is 23.2 Å². The largest absolute Gasteiger partial charge is 0.384 e. The first-order valence-corrected chi connectivity index (χ1v) is 8.56. The molecular formula is C13H14N4O3S2. The fourth-order valence-electron chi connectivity index (χ4n) is 2.13. The highest BCUT2D eigenvalue weighted by atomic mass is 32.2. The van der Waals surface area contributed by atoms with Gasteiger partial charge in [0.25, 0.3) is 5.56 Å². The second-order valence-corrected chi connectivity index (χ2v) is 7.17. The maximum absolute atomic E-state index is 12.3. The molecule has 0 spiro atoms. The van der Waals surface area contributed by atoms with Crippen molar-refractivity contribution in [1.82, 2.24) is 14.5 Å². The Balaban J connectivity index is 1.87. The number of nitrogen functional groups attached to an aromatic ring is 1. The Bertz CT molecular complexity index is 848. The maximum atomic E-state index is 12.3. The van der Waals surface area contributed by atoms with Gasteiger partial charge in [-0.15, -0.1) is 11.3 Å². The number of H-pyrrole nitrogens is 1. The van der Waals surface area contributed by atoms with Crippen molar-refractivity contribution in [3.8, 4) is 0 Å². The normalized spacial score (nSPS) is 14.2. The fourth-order valence-corrected chi connectivity index (χ4v) is 3.85. The van der Waals surface area contributed by atoms with E-state index >= 15 is 0 Å². The van der Waals surface area contributed by atoms with E-state index in [1.807, 2.05) is 12.3 Å². The lowest BCUT2D eigenvalue weighted by atomic mass is 10.2. The molecule has 7 nitrogen and oxygen atoms in total. The molecule has 0 radical (unpaired) electrons. The van der Waals surface area contributed by atoms with E-state index in [9.17, 15) is 14.4 Å². The summed E-state index contributed by atoms with van der Waals surface area (Å²) in [5.41, 5.74) is 5.38. The Morgan fingerprint density at radius 3 is 2.86 bits per heavy atom. The van der Waals surface area contributed by atoms with Gasteiger partial charge in [0.15, 0.2) is 10.1 Å². The van der Waals surface area contributed by atoms with Crippen molar-refractivity contribution in [2.24, 2.45) is 0 Å². The zero-order valence-corrected chi connectivity index (χ0v) is 13.4. The van der Waals surface area contributed by atoms with Crippen LogP contribution < -0.4 is 17.0 Å². The molecule has 1 aliphatic carbocycles. The number of hydrogen-bond acceptors (Lipinski definition) is 7. The number of carbonyl (C=O) groups excluding carboxylic acids is 1. The third-order valence-electron chi connectivity index (χ3n) is 3.30. The number of aromatic amines is 1. The smallest absolute Gasteiger partial charge is 0.330 e. The molecule has 9 heteroatoms. The van der Waals surface area contributed by atoms with Gasteiger partial charge >= 0.3 is 5.69 Å². The van der Waals surface area contributed by atoms with Gasteiger partial charge in [-0.2, -0.15) is 0 Å². The van der Waals surface area contributed by atoms with Crippen LogP contribution in [0.15, 0.2) is 19.3 Å². The van der Waals surface area contributed by atoms with Gasteiger partial charge in [0.05, 0.1) is 5.75 Å². The van der Waals surface area contributed by atoms with E-state index in [0.717, 1.165) is 22.9 Å². The Morgan fingerprint density at radius 2 is 2.27 bits per heavy atom. The molecule has 2 heterocycles. The van der Waals surface area contributed by atoms with Crippen LogP contribution >= 0.6 is 23.1 Å². The standard InChI is InChI=1S/C13H14N4O3S2/c1-6-4-21-13(15-6)22-5-8(18)9-10(14)17(7-2-3-7)12(20)16-11(9)19/h4,7H,2-3,5,14H2,1H3,(H,16,19,20). The highest BCUT2D eigenvalue weighted by Gasteiger charge is 2.29. The number of hydrogen-bond donors (Lipinski definition) is 2. The highest BCUT2D eigenvalue weighted by Crippen LogP contribution is 2.35. The summed E-state index contributed by atoms with van der Waals surface area (Å²) in [7, 11) is 0. The summed E-state index contributed by atoms with van der Waals surface area (Å²) in [4.78, 5) is 42.5. The van der Waals surface area contributed by atoms with Crippen LogP contribution in [0.3, 0.4) is 0 Å². The number of rotatable bonds is 5. The zero-order valence-electron chi connectivity index (χ0n) is 11.8. The molecular weight excluding hydrogens is 324 g/mol. The van der Waals surface area contributed by atoms with Crippen molar-refractivity contribution in [1.29, 1.82) is 0 Å². The summed E-state index contributed by atoms with van der Waals surface area (Å²) in [5.74, 6) is -0.369. The van der Waals surface area contributed by atoms with Crippen LogP contribution in [0.5, 0.6) is 0 Å². The molecule has 0 saturated heterocycles. The van der Waals surface area contributed by atoms with Gasteiger partial charge in [-0.05, 0) is 19.8 Å². The molecule has 2 aromatic rings. The van der Waals surface area contributed by atoms with Crippen molar-refractivity contribution < 1.29 is 4.79 Å². The molecule has 0 atom stereocenters. The van der Waals surface area contributed by atoms with Gasteiger partial charge < -0.3 is 5.73 Å². The van der Waals surface area contributed by atoms with Gasteiger partial charge in [0.1, 0.15) is 11.4 Å². The number of ketones is 1. The molecule has 1 saturated carbocycles. The summed E-state index contributed by atoms with van der Waals surface area (Å²) in [6, 6.07) is -0.00911. The summed E-state index contributed by atoms with van der Waals surface area (Å²) >= 11 is 2.70. The zero-order chi connectivity index (χ0) is 15.9. The number of nitrogens with two attached hydrogens (primary N) is 1. The van der Waals surface area contributed by atoms with Crippen LogP contribution in [0.25, 0.3) is 0 Å². The quantitative estimate of drug-likeness (QED) is 0.626. The number of nitrogens with zero attached hydrogens (tertiary/aromatic N) is 2. The molecule has 0 bridgehead atoms. The Hall–Kier alpha value is -1.87. The topological polar surface area (TPSA) is 111 Å². The van der Waals surface area contributed by atoms with E-state index in [2.05, 4.69) is 9.97 Å². The first kappa shape index (κ1) is 15.0. The monoisotopic (exact) mass is 338 g/mol. The van der Waals surface area contributed by atoms with Crippen molar-refractivity contribution in [3.63, 3.8) is 0 Å². The fraction of sp³-hybridized carbons (Fsp3) is 0.385. The Labute approximate surface area is 133 Å². The average molecular weight is 338 g/mol. The van der Waals surface area contributed by atoms with Gasteiger partial charge in [0, 0.05) is 17.1 Å². The van der Waals surface area contributed by atoms with E-state index in [1.54, 1.807) is 0 Å². The van der Waals surface area contributed by atoms with Crippen molar-refractivity contribution in [3.05, 3.63) is 37.5 Å². The molecule has 0 aromatic carbocycles. The lowest BCUT2D eigenvalue weighted by Crippen LogP contribution is -2.36. The summed E-state index contributed by atoms with van der Waals surface area (Å²) < 4.78 is 2.07. The van der Waals surface area contributed by atoms with Crippen LogP contribution in [0.2, 0.25) is 0 Å². The number of carbonyl (C=O) groups is 1. The predicted molar refractivity (Wildman–Crippen MR) is 85.9 cm³/mol. The molecule has 1 fully saturated rings. The van der Waals surface area contributed by atoms with Crippen molar-refractivity contribution >= 4 is 34.7 Å². The number of thiazole rings is 1. The molecule has 0 unspecified atom stereocenters. The maximum Gasteiger partial charge on any atom is 0.330 e.